The van der Waals surface area contributed by atoms with E-state index < -0.39 is 0 Å². The van der Waals surface area contributed by atoms with E-state index in [1.807, 2.05) is 48.5 Å². The summed E-state index contributed by atoms with van der Waals surface area (Å²) < 4.78 is 11.5. The molecule has 2 rings (SSSR count). The normalized spacial score (nSPS) is 10.5. The van der Waals surface area contributed by atoms with Gasteiger partial charge in [0.15, 0.2) is 0 Å². The summed E-state index contributed by atoms with van der Waals surface area (Å²) in [5, 5.41) is 0. The summed E-state index contributed by atoms with van der Waals surface area (Å²) in [5.41, 5.74) is 1.96. The van der Waals surface area contributed by atoms with E-state index in [1.54, 1.807) is 0 Å². The zero-order chi connectivity index (χ0) is 19.9. The Morgan fingerprint density at radius 2 is 1.29 bits per heavy atom. The lowest BCUT2D eigenvalue weighted by Gasteiger charge is -2.05. The summed E-state index contributed by atoms with van der Waals surface area (Å²) in [6.07, 6.45) is 11.4. The molecule has 0 heterocycles. The third-order valence-electron chi connectivity index (χ3n) is 4.29. The second-order valence-electron chi connectivity index (χ2n) is 6.78. The van der Waals surface area contributed by atoms with Crippen molar-refractivity contribution in [1.82, 2.24) is 0 Å². The number of rotatable bonds is 11. The first-order valence-corrected chi connectivity index (χ1v) is 10.4. The van der Waals surface area contributed by atoms with Crippen molar-refractivity contribution in [1.29, 1.82) is 0 Å². The van der Waals surface area contributed by atoms with Gasteiger partial charge in [0.25, 0.3) is 0 Å². The van der Waals surface area contributed by atoms with Crippen LogP contribution in [0.1, 0.15) is 63.5 Å². The van der Waals surface area contributed by atoms with Crippen LogP contribution in [0.3, 0.4) is 0 Å². The van der Waals surface area contributed by atoms with Gasteiger partial charge in [-0.1, -0.05) is 63.5 Å². The third-order valence-corrected chi connectivity index (χ3v) is 4.29. The Morgan fingerprint density at radius 1 is 0.679 bits per heavy atom. The molecular formula is C26H32O2. The Labute approximate surface area is 170 Å². The van der Waals surface area contributed by atoms with Crippen molar-refractivity contribution >= 4 is 0 Å². The first kappa shape index (κ1) is 21.6. The average molecular weight is 377 g/mol. The number of unbranched alkanes of at least 4 members (excludes halogenated alkanes) is 4. The summed E-state index contributed by atoms with van der Waals surface area (Å²) in [4.78, 5) is 0. The van der Waals surface area contributed by atoms with Gasteiger partial charge in [-0.3, -0.25) is 0 Å². The number of hydrogen-bond acceptors (Lipinski definition) is 2. The molecule has 0 aliphatic carbocycles. The Morgan fingerprint density at radius 3 is 1.86 bits per heavy atom. The molecule has 0 unspecified atom stereocenters. The number of allylic oxidation sites excluding steroid dienone is 1. The summed E-state index contributed by atoms with van der Waals surface area (Å²) in [6, 6.07) is 15.9. The maximum Gasteiger partial charge on any atom is 0.119 e. The molecule has 2 aromatic rings. The van der Waals surface area contributed by atoms with E-state index in [-0.39, 0.29) is 0 Å². The lowest BCUT2D eigenvalue weighted by Crippen LogP contribution is -1.96. The van der Waals surface area contributed by atoms with Gasteiger partial charge in [-0.05, 0) is 61.4 Å². The van der Waals surface area contributed by atoms with Crippen LogP contribution in [0.2, 0.25) is 0 Å². The van der Waals surface area contributed by atoms with Gasteiger partial charge in [-0.2, -0.15) is 0 Å². The highest BCUT2D eigenvalue weighted by molar-refractivity contribution is 5.45. The SMILES string of the molecule is CCCC=CCOc1ccc(C#Cc2ccc(OCCCCCC)cc2)cc1. The Hall–Kier alpha value is -2.66. The average Bonchev–Trinajstić information content (AvgIpc) is 2.74. The van der Waals surface area contributed by atoms with Gasteiger partial charge in [0, 0.05) is 11.1 Å². The van der Waals surface area contributed by atoms with Crippen molar-refractivity contribution < 1.29 is 9.47 Å². The molecule has 0 N–H and O–H groups in total. The summed E-state index contributed by atoms with van der Waals surface area (Å²) >= 11 is 0. The van der Waals surface area contributed by atoms with Crippen molar-refractivity contribution in [3.63, 3.8) is 0 Å². The minimum atomic E-state index is 0.609. The maximum atomic E-state index is 5.77. The molecule has 148 valence electrons. The van der Waals surface area contributed by atoms with Crippen LogP contribution in [0.25, 0.3) is 0 Å². The molecule has 0 aliphatic rings. The fourth-order valence-electron chi connectivity index (χ4n) is 2.63. The zero-order valence-electron chi connectivity index (χ0n) is 17.2. The Bertz CT molecular complexity index is 746. The summed E-state index contributed by atoms with van der Waals surface area (Å²) in [6.45, 7) is 5.78. The Balaban J connectivity index is 1.79. The smallest absolute Gasteiger partial charge is 0.119 e. The van der Waals surface area contributed by atoms with Crippen LogP contribution >= 0.6 is 0 Å². The van der Waals surface area contributed by atoms with E-state index in [1.165, 1.54) is 25.7 Å². The van der Waals surface area contributed by atoms with Gasteiger partial charge in [0.05, 0.1) is 6.61 Å². The minimum absolute atomic E-state index is 0.609. The molecule has 0 fully saturated rings. The second kappa shape index (κ2) is 13.5. The van der Waals surface area contributed by atoms with Crippen molar-refractivity contribution in [3.05, 3.63) is 71.8 Å². The van der Waals surface area contributed by atoms with Crippen molar-refractivity contribution in [2.24, 2.45) is 0 Å². The minimum Gasteiger partial charge on any atom is -0.494 e. The van der Waals surface area contributed by atoms with Crippen LogP contribution < -0.4 is 9.47 Å². The molecule has 0 saturated carbocycles. The molecule has 0 atom stereocenters. The molecule has 2 nitrogen and oxygen atoms in total. The molecule has 2 heteroatoms. The maximum absolute atomic E-state index is 5.77. The third kappa shape index (κ3) is 8.82. The van der Waals surface area contributed by atoms with Gasteiger partial charge in [-0.25, -0.2) is 0 Å². The van der Waals surface area contributed by atoms with Crippen LogP contribution in [0.4, 0.5) is 0 Å². The molecule has 0 amide bonds. The molecule has 0 spiro atoms. The fraction of sp³-hybridized carbons (Fsp3) is 0.385. The quantitative estimate of drug-likeness (QED) is 0.244. The van der Waals surface area contributed by atoms with Crippen molar-refractivity contribution in [3.8, 4) is 23.3 Å². The lowest BCUT2D eigenvalue weighted by atomic mass is 10.1. The predicted molar refractivity (Wildman–Crippen MR) is 118 cm³/mol. The van der Waals surface area contributed by atoms with Crippen molar-refractivity contribution in [2.75, 3.05) is 13.2 Å². The van der Waals surface area contributed by atoms with Crippen LogP contribution in [0.5, 0.6) is 11.5 Å². The van der Waals surface area contributed by atoms with Gasteiger partial charge < -0.3 is 9.47 Å². The first-order chi connectivity index (χ1) is 13.8. The van der Waals surface area contributed by atoms with Gasteiger partial charge in [-0.15, -0.1) is 0 Å². The molecule has 28 heavy (non-hydrogen) atoms. The van der Waals surface area contributed by atoms with Gasteiger partial charge in [0.2, 0.25) is 0 Å². The van der Waals surface area contributed by atoms with Gasteiger partial charge >= 0.3 is 0 Å². The zero-order valence-corrected chi connectivity index (χ0v) is 17.2. The predicted octanol–water partition coefficient (Wildman–Crippen LogP) is 6.78. The summed E-state index contributed by atoms with van der Waals surface area (Å²) in [7, 11) is 0. The van der Waals surface area contributed by atoms with Crippen molar-refractivity contribution in [2.45, 2.75) is 52.4 Å². The molecule has 0 aliphatic heterocycles. The summed E-state index contributed by atoms with van der Waals surface area (Å²) in [5.74, 6) is 8.18. The van der Waals surface area contributed by atoms with E-state index in [0.29, 0.717) is 6.61 Å². The number of ether oxygens (including phenoxy) is 2. The number of benzene rings is 2. The Kier molecular flexibility index (Phi) is 10.4. The highest BCUT2D eigenvalue weighted by Crippen LogP contribution is 2.14. The molecule has 0 radical (unpaired) electrons. The second-order valence-corrected chi connectivity index (χ2v) is 6.78. The monoisotopic (exact) mass is 376 g/mol. The molecule has 0 aromatic heterocycles. The first-order valence-electron chi connectivity index (χ1n) is 10.4. The molecule has 0 saturated heterocycles. The van der Waals surface area contributed by atoms with Gasteiger partial charge in [0.1, 0.15) is 18.1 Å². The van der Waals surface area contributed by atoms with E-state index in [0.717, 1.165) is 42.1 Å². The molecular weight excluding hydrogens is 344 g/mol. The van der Waals surface area contributed by atoms with E-state index in [2.05, 4.69) is 37.8 Å². The molecule has 0 bridgehead atoms. The van der Waals surface area contributed by atoms with Crippen LogP contribution in [-0.4, -0.2) is 13.2 Å². The van der Waals surface area contributed by atoms with E-state index in [4.69, 9.17) is 9.47 Å². The molecule has 2 aromatic carbocycles. The highest BCUT2D eigenvalue weighted by atomic mass is 16.5. The fourth-order valence-corrected chi connectivity index (χ4v) is 2.63. The van der Waals surface area contributed by atoms with E-state index >= 15 is 0 Å². The topological polar surface area (TPSA) is 18.5 Å². The van der Waals surface area contributed by atoms with Crippen LogP contribution in [0, 0.1) is 11.8 Å². The van der Waals surface area contributed by atoms with Crippen LogP contribution in [-0.2, 0) is 0 Å². The lowest BCUT2D eigenvalue weighted by molar-refractivity contribution is 0.305. The largest absolute Gasteiger partial charge is 0.494 e. The highest BCUT2D eigenvalue weighted by Gasteiger charge is 1.95. The van der Waals surface area contributed by atoms with E-state index in [9.17, 15) is 0 Å². The standard InChI is InChI=1S/C26H32O2/c1-3-5-7-9-21-27-25-17-13-23(14-18-25)11-12-24-15-19-26(20-16-24)28-22-10-8-6-4-2/h7,9,13-20H,3-6,8,10,21-22H2,1-2H3. The number of hydrogen-bond donors (Lipinski definition) is 0. The van der Waals surface area contributed by atoms with Crippen LogP contribution in [0.15, 0.2) is 60.7 Å².